The number of hydrogen-bond acceptors (Lipinski definition) is 3. The Balaban J connectivity index is 1.92. The van der Waals surface area contributed by atoms with Gasteiger partial charge in [-0.05, 0) is 31.2 Å². The standard InChI is InChI=1S/C14H24N2S/c1-3-11-5-6-12(9-11)13(15-4-2)10-14-16-7-8-17-14/h7-8,11-13,15H,3-6,9-10H2,1-2H3. The van der Waals surface area contributed by atoms with Crippen LogP contribution >= 0.6 is 11.3 Å². The maximum Gasteiger partial charge on any atom is 0.0940 e. The third-order valence-corrected chi connectivity index (χ3v) is 4.87. The third kappa shape index (κ3) is 3.52. The van der Waals surface area contributed by atoms with Gasteiger partial charge in [-0.15, -0.1) is 11.3 Å². The molecule has 1 fully saturated rings. The van der Waals surface area contributed by atoms with Gasteiger partial charge < -0.3 is 5.32 Å². The van der Waals surface area contributed by atoms with Gasteiger partial charge in [0.25, 0.3) is 0 Å². The van der Waals surface area contributed by atoms with Crippen molar-refractivity contribution in [2.24, 2.45) is 11.8 Å². The summed E-state index contributed by atoms with van der Waals surface area (Å²) in [6.07, 6.45) is 8.65. The molecule has 0 aliphatic heterocycles. The van der Waals surface area contributed by atoms with E-state index in [4.69, 9.17) is 0 Å². The van der Waals surface area contributed by atoms with Gasteiger partial charge in [0.1, 0.15) is 0 Å². The smallest absolute Gasteiger partial charge is 0.0940 e. The molecular weight excluding hydrogens is 228 g/mol. The second-order valence-electron chi connectivity index (χ2n) is 5.14. The van der Waals surface area contributed by atoms with Gasteiger partial charge in [-0.3, -0.25) is 0 Å². The predicted octanol–water partition coefficient (Wildman–Crippen LogP) is 3.49. The Labute approximate surface area is 109 Å². The summed E-state index contributed by atoms with van der Waals surface area (Å²) < 4.78 is 0. The van der Waals surface area contributed by atoms with Crippen molar-refractivity contribution < 1.29 is 0 Å². The molecular formula is C14H24N2S. The zero-order valence-corrected chi connectivity index (χ0v) is 11.8. The quantitative estimate of drug-likeness (QED) is 0.838. The van der Waals surface area contributed by atoms with Crippen molar-refractivity contribution in [2.45, 2.75) is 52.0 Å². The molecule has 3 unspecified atom stereocenters. The highest BCUT2D eigenvalue weighted by atomic mass is 32.1. The molecule has 1 aliphatic rings. The van der Waals surface area contributed by atoms with E-state index in [0.717, 1.165) is 24.8 Å². The van der Waals surface area contributed by atoms with E-state index in [9.17, 15) is 0 Å². The van der Waals surface area contributed by atoms with Crippen LogP contribution in [0.15, 0.2) is 11.6 Å². The molecule has 1 aromatic heterocycles. The van der Waals surface area contributed by atoms with Gasteiger partial charge in [0.05, 0.1) is 5.01 Å². The number of nitrogens with one attached hydrogen (secondary N) is 1. The minimum atomic E-state index is 0.641. The summed E-state index contributed by atoms with van der Waals surface area (Å²) in [7, 11) is 0. The fourth-order valence-electron chi connectivity index (χ4n) is 3.06. The highest BCUT2D eigenvalue weighted by Gasteiger charge is 2.29. The molecule has 1 aromatic rings. The summed E-state index contributed by atoms with van der Waals surface area (Å²) in [6, 6.07) is 0.641. The molecule has 1 N–H and O–H groups in total. The first-order valence-electron chi connectivity index (χ1n) is 6.95. The van der Waals surface area contributed by atoms with E-state index >= 15 is 0 Å². The van der Waals surface area contributed by atoms with Crippen LogP contribution < -0.4 is 5.32 Å². The Bertz CT molecular complexity index is 310. The summed E-state index contributed by atoms with van der Waals surface area (Å²) >= 11 is 1.79. The van der Waals surface area contributed by atoms with E-state index in [1.807, 2.05) is 6.20 Å². The number of aromatic nitrogens is 1. The van der Waals surface area contributed by atoms with Gasteiger partial charge in [-0.2, -0.15) is 0 Å². The Hall–Kier alpha value is -0.410. The van der Waals surface area contributed by atoms with Crippen LogP contribution in [0.2, 0.25) is 0 Å². The molecule has 1 aliphatic carbocycles. The average molecular weight is 252 g/mol. The zero-order valence-electron chi connectivity index (χ0n) is 11.0. The molecule has 96 valence electrons. The van der Waals surface area contributed by atoms with Crippen LogP contribution in [0.3, 0.4) is 0 Å². The molecule has 0 spiro atoms. The van der Waals surface area contributed by atoms with Crippen molar-refractivity contribution >= 4 is 11.3 Å². The fraction of sp³-hybridized carbons (Fsp3) is 0.786. The number of rotatable bonds is 6. The van der Waals surface area contributed by atoms with Gasteiger partial charge in [0.15, 0.2) is 0 Å². The molecule has 0 bridgehead atoms. The number of nitrogens with zero attached hydrogens (tertiary/aromatic N) is 1. The molecule has 0 aromatic carbocycles. The van der Waals surface area contributed by atoms with Crippen LogP contribution in [0.25, 0.3) is 0 Å². The molecule has 3 atom stereocenters. The summed E-state index contributed by atoms with van der Waals surface area (Å²) in [5.41, 5.74) is 0. The van der Waals surface area contributed by atoms with Gasteiger partial charge in [-0.1, -0.05) is 26.7 Å². The van der Waals surface area contributed by atoms with E-state index in [0.29, 0.717) is 6.04 Å². The van der Waals surface area contributed by atoms with Gasteiger partial charge in [-0.25, -0.2) is 4.98 Å². The minimum Gasteiger partial charge on any atom is -0.314 e. The minimum absolute atomic E-state index is 0.641. The van der Waals surface area contributed by atoms with Crippen molar-refractivity contribution in [3.63, 3.8) is 0 Å². The van der Waals surface area contributed by atoms with Gasteiger partial charge in [0.2, 0.25) is 0 Å². The van der Waals surface area contributed by atoms with E-state index in [1.54, 1.807) is 11.3 Å². The van der Waals surface area contributed by atoms with Crippen molar-refractivity contribution in [3.05, 3.63) is 16.6 Å². The molecule has 17 heavy (non-hydrogen) atoms. The van der Waals surface area contributed by atoms with E-state index in [-0.39, 0.29) is 0 Å². The highest BCUT2D eigenvalue weighted by molar-refractivity contribution is 7.09. The SMILES string of the molecule is CCNC(Cc1nccs1)C1CCC(CC)C1. The van der Waals surface area contributed by atoms with E-state index in [2.05, 4.69) is 29.5 Å². The average Bonchev–Trinajstić information content (AvgIpc) is 2.99. The zero-order chi connectivity index (χ0) is 12.1. The second kappa shape index (κ2) is 6.50. The van der Waals surface area contributed by atoms with Crippen molar-refractivity contribution in [3.8, 4) is 0 Å². The van der Waals surface area contributed by atoms with Gasteiger partial charge >= 0.3 is 0 Å². The summed E-state index contributed by atoms with van der Waals surface area (Å²) in [5, 5.41) is 7.05. The van der Waals surface area contributed by atoms with Crippen LogP contribution in [0, 0.1) is 11.8 Å². The monoisotopic (exact) mass is 252 g/mol. The fourth-order valence-corrected chi connectivity index (χ4v) is 3.74. The lowest BCUT2D eigenvalue weighted by Gasteiger charge is -2.23. The molecule has 1 heterocycles. The van der Waals surface area contributed by atoms with Crippen LogP contribution in [0.1, 0.15) is 44.5 Å². The van der Waals surface area contributed by atoms with Crippen LogP contribution in [-0.2, 0) is 6.42 Å². The van der Waals surface area contributed by atoms with Gasteiger partial charge in [0, 0.05) is 24.0 Å². The number of hydrogen-bond donors (Lipinski definition) is 1. The van der Waals surface area contributed by atoms with E-state index < -0.39 is 0 Å². The van der Waals surface area contributed by atoms with Crippen LogP contribution in [0.5, 0.6) is 0 Å². The molecule has 0 amide bonds. The Morgan fingerprint density at radius 2 is 2.35 bits per heavy atom. The largest absolute Gasteiger partial charge is 0.314 e. The lowest BCUT2D eigenvalue weighted by molar-refractivity contribution is 0.348. The Morgan fingerprint density at radius 3 is 2.94 bits per heavy atom. The molecule has 3 heteroatoms. The maximum absolute atomic E-state index is 4.43. The second-order valence-corrected chi connectivity index (χ2v) is 6.12. The summed E-state index contributed by atoms with van der Waals surface area (Å²) in [6.45, 7) is 5.61. The maximum atomic E-state index is 4.43. The topological polar surface area (TPSA) is 24.9 Å². The lowest BCUT2D eigenvalue weighted by Crippen LogP contribution is -2.37. The first-order chi connectivity index (χ1) is 8.33. The molecule has 0 saturated heterocycles. The Kier molecular flexibility index (Phi) is 4.99. The molecule has 2 rings (SSSR count). The van der Waals surface area contributed by atoms with E-state index in [1.165, 1.54) is 30.7 Å². The summed E-state index contributed by atoms with van der Waals surface area (Å²) in [4.78, 5) is 4.43. The van der Waals surface area contributed by atoms with Crippen molar-refractivity contribution in [2.75, 3.05) is 6.54 Å². The number of likely N-dealkylation sites (N-methyl/N-ethyl adjacent to an activating group) is 1. The van der Waals surface area contributed by atoms with Crippen molar-refractivity contribution in [1.82, 2.24) is 10.3 Å². The number of thiazole rings is 1. The van der Waals surface area contributed by atoms with Crippen LogP contribution in [-0.4, -0.2) is 17.6 Å². The molecule has 0 radical (unpaired) electrons. The first kappa shape index (κ1) is 13.0. The van der Waals surface area contributed by atoms with Crippen LogP contribution in [0.4, 0.5) is 0 Å². The molecule has 1 saturated carbocycles. The Morgan fingerprint density at radius 1 is 1.47 bits per heavy atom. The van der Waals surface area contributed by atoms with Crippen molar-refractivity contribution in [1.29, 1.82) is 0 Å². The first-order valence-corrected chi connectivity index (χ1v) is 7.83. The third-order valence-electron chi connectivity index (χ3n) is 4.07. The highest BCUT2D eigenvalue weighted by Crippen LogP contribution is 2.35. The lowest BCUT2D eigenvalue weighted by atomic mass is 9.93. The summed E-state index contributed by atoms with van der Waals surface area (Å²) in [5.74, 6) is 1.83. The predicted molar refractivity (Wildman–Crippen MR) is 74.4 cm³/mol. The normalized spacial score (nSPS) is 26.2. The molecule has 2 nitrogen and oxygen atoms in total.